The number of aromatic nitrogens is 2. The molecule has 18 heavy (non-hydrogen) atoms. The van der Waals surface area contributed by atoms with Crippen LogP contribution in [0.4, 0.5) is 4.39 Å². The van der Waals surface area contributed by atoms with Gasteiger partial charge in [-0.2, -0.15) is 0 Å². The number of aryl methyl sites for hydroxylation is 2. The van der Waals surface area contributed by atoms with Gasteiger partial charge in [0.05, 0.1) is 0 Å². The number of nitrogens with one attached hydrogen (secondary N) is 1. The highest BCUT2D eigenvalue weighted by Gasteiger charge is 2.15. The minimum atomic E-state index is -0.196. The monoisotopic (exact) mass is 260 g/mol. The lowest BCUT2D eigenvalue weighted by molar-refractivity contribution is 0.618. The van der Waals surface area contributed by atoms with Gasteiger partial charge in [-0.15, -0.1) is 0 Å². The van der Waals surface area contributed by atoms with Gasteiger partial charge in [0, 0.05) is 16.8 Å². The van der Waals surface area contributed by atoms with Crippen LogP contribution < -0.4 is 0 Å². The van der Waals surface area contributed by atoms with E-state index in [0.29, 0.717) is 10.2 Å². The SMILES string of the molecule is Cc1cc(-c2nc(=S)c3c([nH]2)CCC3)ccc1F. The van der Waals surface area contributed by atoms with Gasteiger partial charge in [0.25, 0.3) is 0 Å². The van der Waals surface area contributed by atoms with Gasteiger partial charge in [0.1, 0.15) is 16.3 Å². The summed E-state index contributed by atoms with van der Waals surface area (Å²) in [7, 11) is 0. The number of rotatable bonds is 1. The van der Waals surface area contributed by atoms with Gasteiger partial charge < -0.3 is 4.98 Å². The van der Waals surface area contributed by atoms with Crippen LogP contribution in [0.25, 0.3) is 11.4 Å². The second-order valence-corrected chi connectivity index (χ2v) is 5.05. The molecule has 0 saturated carbocycles. The smallest absolute Gasteiger partial charge is 0.139 e. The summed E-state index contributed by atoms with van der Waals surface area (Å²) in [5, 5.41) is 0. The van der Waals surface area contributed by atoms with Crippen LogP contribution in [0.2, 0.25) is 0 Å². The molecular formula is C14H13FN2S. The zero-order valence-corrected chi connectivity index (χ0v) is 10.9. The third kappa shape index (κ3) is 1.86. The quantitative estimate of drug-likeness (QED) is 0.791. The molecule has 2 nitrogen and oxygen atoms in total. The van der Waals surface area contributed by atoms with E-state index in [-0.39, 0.29) is 5.82 Å². The fraction of sp³-hybridized carbons (Fsp3) is 0.286. The number of benzene rings is 1. The Morgan fingerprint density at radius 3 is 2.94 bits per heavy atom. The second-order valence-electron chi connectivity index (χ2n) is 4.67. The summed E-state index contributed by atoms with van der Waals surface area (Å²) in [5.74, 6) is 0.544. The Kier molecular flexibility index (Phi) is 2.74. The lowest BCUT2D eigenvalue weighted by atomic mass is 10.1. The summed E-state index contributed by atoms with van der Waals surface area (Å²) in [4.78, 5) is 7.75. The molecule has 1 aromatic carbocycles. The second kappa shape index (κ2) is 4.28. The maximum Gasteiger partial charge on any atom is 0.139 e. The fourth-order valence-electron chi connectivity index (χ4n) is 2.39. The average molecular weight is 260 g/mol. The van der Waals surface area contributed by atoms with Crippen LogP contribution in [0.1, 0.15) is 23.2 Å². The Labute approximate surface area is 110 Å². The van der Waals surface area contributed by atoms with Crippen molar-refractivity contribution < 1.29 is 4.39 Å². The molecule has 0 unspecified atom stereocenters. The molecule has 0 atom stereocenters. The van der Waals surface area contributed by atoms with E-state index in [1.165, 1.54) is 17.3 Å². The van der Waals surface area contributed by atoms with E-state index in [0.717, 1.165) is 30.7 Å². The summed E-state index contributed by atoms with van der Waals surface area (Å²) in [6.07, 6.45) is 3.16. The van der Waals surface area contributed by atoms with E-state index in [9.17, 15) is 4.39 Å². The minimum absolute atomic E-state index is 0.196. The van der Waals surface area contributed by atoms with Crippen LogP contribution in [-0.2, 0) is 12.8 Å². The van der Waals surface area contributed by atoms with E-state index in [1.807, 2.05) is 0 Å². The first-order valence-electron chi connectivity index (χ1n) is 6.04. The number of aromatic amines is 1. The molecule has 0 fully saturated rings. The zero-order valence-electron chi connectivity index (χ0n) is 10.1. The topological polar surface area (TPSA) is 28.7 Å². The van der Waals surface area contributed by atoms with Gasteiger partial charge in [-0.25, -0.2) is 9.37 Å². The third-order valence-electron chi connectivity index (χ3n) is 3.39. The van der Waals surface area contributed by atoms with Crippen molar-refractivity contribution in [2.45, 2.75) is 26.2 Å². The zero-order chi connectivity index (χ0) is 12.7. The van der Waals surface area contributed by atoms with Crippen molar-refractivity contribution in [3.63, 3.8) is 0 Å². The molecular weight excluding hydrogens is 247 g/mol. The highest BCUT2D eigenvalue weighted by Crippen LogP contribution is 2.25. The normalized spacial score (nSPS) is 13.7. The van der Waals surface area contributed by atoms with Crippen LogP contribution in [0.5, 0.6) is 0 Å². The molecule has 1 aliphatic carbocycles. The average Bonchev–Trinajstić information content (AvgIpc) is 2.81. The van der Waals surface area contributed by atoms with Gasteiger partial charge in [-0.3, -0.25) is 0 Å². The Bertz CT molecular complexity index is 676. The van der Waals surface area contributed by atoms with Crippen LogP contribution in [0.15, 0.2) is 18.2 Å². The molecule has 3 rings (SSSR count). The Hall–Kier alpha value is -1.55. The minimum Gasteiger partial charge on any atom is -0.343 e. The third-order valence-corrected chi connectivity index (χ3v) is 3.73. The molecule has 0 saturated heterocycles. The van der Waals surface area contributed by atoms with Crippen molar-refractivity contribution in [3.05, 3.63) is 45.5 Å². The van der Waals surface area contributed by atoms with Crippen molar-refractivity contribution >= 4 is 12.2 Å². The van der Waals surface area contributed by atoms with E-state index in [4.69, 9.17) is 12.2 Å². The standard InChI is InChI=1S/C14H13FN2S/c1-8-7-9(5-6-11(8)15)13-16-12-4-2-3-10(12)14(18)17-13/h5-7H,2-4H2,1H3,(H,16,17,18). The number of nitrogens with zero attached hydrogens (tertiary/aromatic N) is 1. The van der Waals surface area contributed by atoms with Crippen molar-refractivity contribution in [2.24, 2.45) is 0 Å². The molecule has 0 aliphatic heterocycles. The van der Waals surface area contributed by atoms with Gasteiger partial charge >= 0.3 is 0 Å². The Morgan fingerprint density at radius 1 is 1.33 bits per heavy atom. The number of hydrogen-bond donors (Lipinski definition) is 1. The molecule has 4 heteroatoms. The van der Waals surface area contributed by atoms with E-state index in [2.05, 4.69) is 9.97 Å². The Morgan fingerprint density at radius 2 is 2.17 bits per heavy atom. The van der Waals surface area contributed by atoms with Crippen LogP contribution in [-0.4, -0.2) is 9.97 Å². The van der Waals surface area contributed by atoms with E-state index in [1.54, 1.807) is 19.1 Å². The summed E-state index contributed by atoms with van der Waals surface area (Å²) >= 11 is 5.32. The summed E-state index contributed by atoms with van der Waals surface area (Å²) < 4.78 is 13.9. The molecule has 2 aromatic rings. The predicted octanol–water partition coefficient (Wildman–Crippen LogP) is 3.74. The largest absolute Gasteiger partial charge is 0.343 e. The molecule has 0 spiro atoms. The fourth-order valence-corrected chi connectivity index (χ4v) is 2.70. The number of H-pyrrole nitrogens is 1. The lowest BCUT2D eigenvalue weighted by Crippen LogP contribution is -1.97. The van der Waals surface area contributed by atoms with Gasteiger partial charge in [0.15, 0.2) is 0 Å². The van der Waals surface area contributed by atoms with Crippen molar-refractivity contribution in [1.29, 1.82) is 0 Å². The first kappa shape index (κ1) is 11.5. The molecule has 0 amide bonds. The lowest BCUT2D eigenvalue weighted by Gasteiger charge is -2.07. The summed E-state index contributed by atoms with van der Waals surface area (Å²) in [5.41, 5.74) is 3.86. The van der Waals surface area contributed by atoms with Gasteiger partial charge in [-0.1, -0.05) is 12.2 Å². The maximum absolute atomic E-state index is 13.3. The molecule has 1 N–H and O–H groups in total. The maximum atomic E-state index is 13.3. The summed E-state index contributed by atoms with van der Waals surface area (Å²) in [6, 6.07) is 5.00. The van der Waals surface area contributed by atoms with Gasteiger partial charge in [-0.05, 0) is 49.9 Å². The number of halogens is 1. The number of fused-ring (bicyclic) bond motifs is 1. The van der Waals surface area contributed by atoms with Crippen LogP contribution in [0.3, 0.4) is 0 Å². The van der Waals surface area contributed by atoms with Gasteiger partial charge in [0.2, 0.25) is 0 Å². The molecule has 0 radical (unpaired) electrons. The number of hydrogen-bond acceptors (Lipinski definition) is 2. The van der Waals surface area contributed by atoms with Crippen LogP contribution in [0, 0.1) is 17.4 Å². The predicted molar refractivity (Wildman–Crippen MR) is 71.6 cm³/mol. The van der Waals surface area contributed by atoms with E-state index >= 15 is 0 Å². The first-order chi connectivity index (χ1) is 8.65. The van der Waals surface area contributed by atoms with Crippen molar-refractivity contribution in [3.8, 4) is 11.4 Å². The van der Waals surface area contributed by atoms with Crippen LogP contribution >= 0.6 is 12.2 Å². The highest BCUT2D eigenvalue weighted by molar-refractivity contribution is 7.71. The first-order valence-corrected chi connectivity index (χ1v) is 6.44. The molecule has 92 valence electrons. The van der Waals surface area contributed by atoms with E-state index < -0.39 is 0 Å². The molecule has 0 bridgehead atoms. The Balaban J connectivity index is 2.15. The highest BCUT2D eigenvalue weighted by atomic mass is 32.1. The molecule has 1 aliphatic rings. The van der Waals surface area contributed by atoms with Crippen molar-refractivity contribution in [1.82, 2.24) is 9.97 Å². The summed E-state index contributed by atoms with van der Waals surface area (Å²) in [6.45, 7) is 1.75. The molecule has 1 aromatic heterocycles. The molecule has 1 heterocycles. The van der Waals surface area contributed by atoms with Crippen molar-refractivity contribution in [2.75, 3.05) is 0 Å².